The lowest BCUT2D eigenvalue weighted by Gasteiger charge is -2.22. The molecule has 0 spiro atoms. The number of rotatable bonds is 10. The van der Waals surface area contributed by atoms with E-state index in [-0.39, 0.29) is 12.5 Å². The smallest absolute Gasteiger partial charge is 0.310 e. The Morgan fingerprint density at radius 3 is 2.81 bits per heavy atom. The second-order valence-electron chi connectivity index (χ2n) is 4.09. The fourth-order valence-corrected chi connectivity index (χ4v) is 3.72. The third-order valence-corrected chi connectivity index (χ3v) is 5.00. The molecule has 0 aromatic rings. The molecule has 0 fully saturated rings. The van der Waals surface area contributed by atoms with Gasteiger partial charge in [-0.15, -0.1) is 11.6 Å². The standard InChI is InChI=1S/C9H18BrClN5O4P/c1-15-8(6-12-9(15)16(17)18)7-20-21(19,13-4-2-10)14-5-3-11/h6,9,12H,2-5,7H2,1H3,(H2,13,14,19). The Kier molecular flexibility index (Phi) is 7.93. The SMILES string of the molecule is CN1C(COP(=O)(NCCCl)NCCBr)=CNC1[N+](=O)[O-]. The first-order chi connectivity index (χ1) is 9.93. The van der Waals surface area contributed by atoms with Crippen LogP contribution in [0.4, 0.5) is 0 Å². The second-order valence-corrected chi connectivity index (χ2v) is 7.26. The van der Waals surface area contributed by atoms with E-state index in [0.29, 0.717) is 24.1 Å². The molecule has 0 radical (unpaired) electrons. The highest BCUT2D eigenvalue weighted by Crippen LogP contribution is 2.37. The van der Waals surface area contributed by atoms with Crippen LogP contribution in [-0.2, 0) is 9.09 Å². The topological polar surface area (TPSA) is 109 Å². The highest BCUT2D eigenvalue weighted by atomic mass is 79.9. The summed E-state index contributed by atoms with van der Waals surface area (Å²) in [5, 5.41) is 19.5. The van der Waals surface area contributed by atoms with Gasteiger partial charge in [0.2, 0.25) is 0 Å². The van der Waals surface area contributed by atoms with Crippen LogP contribution in [0.25, 0.3) is 0 Å². The summed E-state index contributed by atoms with van der Waals surface area (Å²) >= 11 is 8.79. The maximum atomic E-state index is 12.5. The Balaban J connectivity index is 2.57. The molecule has 0 aliphatic carbocycles. The van der Waals surface area contributed by atoms with Crippen molar-refractivity contribution in [3.05, 3.63) is 22.0 Å². The van der Waals surface area contributed by atoms with Crippen LogP contribution in [0.2, 0.25) is 0 Å². The summed E-state index contributed by atoms with van der Waals surface area (Å²) in [6.45, 7) is 0.728. The fourth-order valence-electron chi connectivity index (χ4n) is 1.57. The van der Waals surface area contributed by atoms with Crippen LogP contribution in [0, 0.1) is 10.1 Å². The molecule has 0 saturated heterocycles. The van der Waals surface area contributed by atoms with Crippen molar-refractivity contribution in [3.8, 4) is 0 Å². The van der Waals surface area contributed by atoms with E-state index in [1.165, 1.54) is 11.1 Å². The highest BCUT2D eigenvalue weighted by molar-refractivity contribution is 9.09. The minimum Gasteiger partial charge on any atom is -0.310 e. The lowest BCUT2D eigenvalue weighted by Crippen LogP contribution is -2.41. The molecule has 3 N–H and O–H groups in total. The van der Waals surface area contributed by atoms with Crippen LogP contribution >= 0.6 is 35.2 Å². The van der Waals surface area contributed by atoms with Crippen LogP contribution in [0.3, 0.4) is 0 Å². The molecular weight excluding hydrogens is 388 g/mol. The molecule has 0 amide bonds. The maximum Gasteiger partial charge on any atom is 0.365 e. The van der Waals surface area contributed by atoms with Crippen molar-refractivity contribution in [1.29, 1.82) is 0 Å². The van der Waals surface area contributed by atoms with Gasteiger partial charge in [0.1, 0.15) is 0 Å². The summed E-state index contributed by atoms with van der Waals surface area (Å²) in [4.78, 5) is 11.7. The van der Waals surface area contributed by atoms with E-state index >= 15 is 0 Å². The molecule has 12 heteroatoms. The van der Waals surface area contributed by atoms with Gasteiger partial charge in [-0.05, 0) is 0 Å². The van der Waals surface area contributed by atoms with Crippen molar-refractivity contribution in [3.63, 3.8) is 0 Å². The predicted octanol–water partition coefficient (Wildman–Crippen LogP) is 0.861. The Hall–Kier alpha value is -0.380. The van der Waals surface area contributed by atoms with Crippen molar-refractivity contribution in [2.24, 2.45) is 0 Å². The van der Waals surface area contributed by atoms with Crippen LogP contribution < -0.4 is 15.5 Å². The van der Waals surface area contributed by atoms with E-state index in [4.69, 9.17) is 16.1 Å². The number of hydrogen-bond acceptors (Lipinski definition) is 6. The monoisotopic (exact) mass is 405 g/mol. The largest absolute Gasteiger partial charge is 0.365 e. The minimum absolute atomic E-state index is 0.0321. The number of halogens is 2. The Morgan fingerprint density at radius 2 is 2.29 bits per heavy atom. The van der Waals surface area contributed by atoms with E-state index in [9.17, 15) is 14.7 Å². The van der Waals surface area contributed by atoms with Gasteiger partial charge in [0, 0.05) is 37.5 Å². The summed E-state index contributed by atoms with van der Waals surface area (Å²) < 4.78 is 17.9. The van der Waals surface area contributed by atoms with Crippen LogP contribution in [-0.4, -0.2) is 54.1 Å². The molecule has 2 unspecified atom stereocenters. The molecule has 1 aliphatic heterocycles. The maximum absolute atomic E-state index is 12.5. The third kappa shape index (κ3) is 5.72. The Labute approximate surface area is 136 Å². The molecule has 1 rings (SSSR count). The first-order valence-electron chi connectivity index (χ1n) is 6.11. The summed E-state index contributed by atoms with van der Waals surface area (Å²) in [5.74, 6) is 0.289. The zero-order chi connectivity index (χ0) is 15.9. The summed E-state index contributed by atoms with van der Waals surface area (Å²) in [6, 6.07) is 0. The lowest BCUT2D eigenvalue weighted by molar-refractivity contribution is -0.549. The number of hydrogen-bond donors (Lipinski definition) is 3. The van der Waals surface area contributed by atoms with Gasteiger partial charge in [0.15, 0.2) is 0 Å². The first-order valence-corrected chi connectivity index (χ1v) is 9.40. The van der Waals surface area contributed by atoms with Crippen LogP contribution in [0.15, 0.2) is 11.9 Å². The highest BCUT2D eigenvalue weighted by Gasteiger charge is 2.32. The molecule has 1 heterocycles. The molecular formula is C9H18BrClN5O4P. The molecule has 1 aliphatic rings. The molecule has 0 aromatic heterocycles. The van der Waals surface area contributed by atoms with E-state index in [2.05, 4.69) is 31.4 Å². The first kappa shape index (κ1) is 18.7. The molecule has 0 saturated carbocycles. The van der Waals surface area contributed by atoms with E-state index in [1.54, 1.807) is 7.05 Å². The van der Waals surface area contributed by atoms with Gasteiger partial charge in [-0.3, -0.25) is 24.1 Å². The van der Waals surface area contributed by atoms with Gasteiger partial charge in [-0.25, -0.2) is 10.2 Å². The average Bonchev–Trinajstić information content (AvgIpc) is 2.82. The van der Waals surface area contributed by atoms with Gasteiger partial charge < -0.3 is 5.32 Å². The van der Waals surface area contributed by atoms with E-state index in [0.717, 1.165) is 0 Å². The molecule has 122 valence electrons. The van der Waals surface area contributed by atoms with Gasteiger partial charge in [-0.2, -0.15) is 0 Å². The lowest BCUT2D eigenvalue weighted by atomic mass is 10.5. The Bertz CT molecular complexity index is 428. The van der Waals surface area contributed by atoms with Crippen molar-refractivity contribution in [2.75, 3.05) is 38.0 Å². The summed E-state index contributed by atoms with van der Waals surface area (Å²) in [5.41, 5.74) is 0.533. The molecule has 21 heavy (non-hydrogen) atoms. The predicted molar refractivity (Wildman–Crippen MR) is 83.8 cm³/mol. The molecule has 2 atom stereocenters. The molecule has 0 bridgehead atoms. The van der Waals surface area contributed by atoms with E-state index in [1.807, 2.05) is 0 Å². The fraction of sp³-hybridized carbons (Fsp3) is 0.778. The zero-order valence-electron chi connectivity index (χ0n) is 11.4. The number of nitrogens with one attached hydrogen (secondary N) is 3. The normalized spacial score (nSPS) is 20.8. The van der Waals surface area contributed by atoms with Crippen molar-refractivity contribution >= 4 is 35.2 Å². The van der Waals surface area contributed by atoms with Gasteiger partial charge >= 0.3 is 14.0 Å². The quantitative estimate of drug-likeness (QED) is 0.212. The summed E-state index contributed by atoms with van der Waals surface area (Å²) in [6.07, 6.45) is 0.443. The number of likely N-dealkylation sites (N-methyl/N-ethyl adjacent to an activating group) is 1. The second kappa shape index (κ2) is 8.92. The number of alkyl halides is 2. The van der Waals surface area contributed by atoms with Crippen molar-refractivity contribution in [1.82, 2.24) is 20.4 Å². The zero-order valence-corrected chi connectivity index (χ0v) is 14.7. The van der Waals surface area contributed by atoms with Crippen molar-refractivity contribution in [2.45, 2.75) is 6.29 Å². The Morgan fingerprint density at radius 1 is 1.62 bits per heavy atom. The molecule has 0 aromatic carbocycles. The van der Waals surface area contributed by atoms with Gasteiger partial charge in [0.25, 0.3) is 0 Å². The third-order valence-electron chi connectivity index (χ3n) is 2.64. The number of nitrogens with zero attached hydrogens (tertiary/aromatic N) is 2. The average molecular weight is 407 g/mol. The van der Waals surface area contributed by atoms with E-state index < -0.39 is 18.9 Å². The van der Waals surface area contributed by atoms with Gasteiger partial charge in [-0.1, -0.05) is 15.9 Å². The molecule has 9 nitrogen and oxygen atoms in total. The van der Waals surface area contributed by atoms with Crippen LogP contribution in [0.5, 0.6) is 0 Å². The van der Waals surface area contributed by atoms with Crippen molar-refractivity contribution < 1.29 is 14.0 Å². The van der Waals surface area contributed by atoms with Gasteiger partial charge in [0.05, 0.1) is 17.2 Å². The summed E-state index contributed by atoms with van der Waals surface area (Å²) in [7, 11) is -1.69. The minimum atomic E-state index is -3.25. The van der Waals surface area contributed by atoms with Crippen LogP contribution in [0.1, 0.15) is 0 Å². The number of nitro groups is 1.